The Morgan fingerprint density at radius 3 is 1.50 bits per heavy atom. The van der Waals surface area contributed by atoms with Crippen molar-refractivity contribution >= 4 is 0 Å². The standard InChI is InChI=1S/C27H50O3/c1-20-6-12-25(13-7-20)29-18-21(2)19-30-26-16-10-23(11-17-26)27(3,4)22-8-14-24(28-5)15-9-22/h20-26H,6-19H2,1-5H3. The van der Waals surface area contributed by atoms with Crippen LogP contribution in [0.15, 0.2) is 0 Å². The summed E-state index contributed by atoms with van der Waals surface area (Å²) in [5, 5.41) is 0. The highest BCUT2D eigenvalue weighted by molar-refractivity contribution is 4.91. The van der Waals surface area contributed by atoms with E-state index in [1.165, 1.54) is 77.0 Å². The van der Waals surface area contributed by atoms with Crippen LogP contribution in [0, 0.1) is 29.1 Å². The van der Waals surface area contributed by atoms with Gasteiger partial charge in [0.1, 0.15) is 0 Å². The van der Waals surface area contributed by atoms with Gasteiger partial charge in [-0.05, 0) is 100 Å². The lowest BCUT2D eigenvalue weighted by Crippen LogP contribution is -2.39. The molecule has 3 heteroatoms. The topological polar surface area (TPSA) is 27.7 Å². The van der Waals surface area contributed by atoms with Crippen molar-refractivity contribution in [2.75, 3.05) is 20.3 Å². The first-order valence-electron chi connectivity index (χ1n) is 13.1. The van der Waals surface area contributed by atoms with Crippen molar-refractivity contribution in [3.63, 3.8) is 0 Å². The van der Waals surface area contributed by atoms with Gasteiger partial charge in [-0.15, -0.1) is 0 Å². The number of methoxy groups -OCH3 is 1. The summed E-state index contributed by atoms with van der Waals surface area (Å²) < 4.78 is 18.1. The average Bonchev–Trinajstić information content (AvgIpc) is 2.77. The van der Waals surface area contributed by atoms with E-state index in [1.807, 2.05) is 7.11 Å². The zero-order chi connectivity index (χ0) is 21.6. The number of ether oxygens (including phenoxy) is 3. The molecule has 1 atom stereocenters. The molecule has 1 unspecified atom stereocenters. The van der Waals surface area contributed by atoms with Gasteiger partial charge in [-0.25, -0.2) is 0 Å². The molecular formula is C27H50O3. The molecule has 0 heterocycles. The molecule has 0 bridgehead atoms. The summed E-state index contributed by atoms with van der Waals surface area (Å²) in [6.07, 6.45) is 17.0. The third kappa shape index (κ3) is 6.94. The van der Waals surface area contributed by atoms with Crippen molar-refractivity contribution in [3.05, 3.63) is 0 Å². The minimum atomic E-state index is 0.461. The van der Waals surface area contributed by atoms with E-state index in [-0.39, 0.29) is 0 Å². The Kier molecular flexibility index (Phi) is 9.53. The summed E-state index contributed by atoms with van der Waals surface area (Å²) in [6.45, 7) is 11.5. The molecule has 3 saturated carbocycles. The first-order chi connectivity index (χ1) is 14.4. The van der Waals surface area contributed by atoms with Gasteiger partial charge >= 0.3 is 0 Å². The molecule has 3 nitrogen and oxygen atoms in total. The Labute approximate surface area is 187 Å². The van der Waals surface area contributed by atoms with Crippen LogP contribution >= 0.6 is 0 Å². The van der Waals surface area contributed by atoms with Gasteiger partial charge in [0.05, 0.1) is 31.5 Å². The molecule has 0 aromatic heterocycles. The summed E-state index contributed by atoms with van der Waals surface area (Å²) in [5.74, 6) is 3.13. The molecule has 3 fully saturated rings. The van der Waals surface area contributed by atoms with Crippen LogP contribution in [0.3, 0.4) is 0 Å². The van der Waals surface area contributed by atoms with Gasteiger partial charge < -0.3 is 14.2 Å². The lowest BCUT2D eigenvalue weighted by Gasteiger charge is -2.46. The maximum absolute atomic E-state index is 6.34. The van der Waals surface area contributed by atoms with Gasteiger partial charge in [0, 0.05) is 13.0 Å². The van der Waals surface area contributed by atoms with Crippen LogP contribution in [0.5, 0.6) is 0 Å². The van der Waals surface area contributed by atoms with Crippen LogP contribution in [0.25, 0.3) is 0 Å². The second kappa shape index (κ2) is 11.7. The summed E-state index contributed by atoms with van der Waals surface area (Å²) in [6, 6.07) is 0. The minimum Gasteiger partial charge on any atom is -0.381 e. The highest BCUT2D eigenvalue weighted by Gasteiger charge is 2.40. The van der Waals surface area contributed by atoms with Crippen LogP contribution in [0.2, 0.25) is 0 Å². The fourth-order valence-corrected chi connectivity index (χ4v) is 6.39. The minimum absolute atomic E-state index is 0.461. The second-order valence-corrected chi connectivity index (χ2v) is 11.7. The third-order valence-corrected chi connectivity index (χ3v) is 8.98. The molecule has 0 radical (unpaired) electrons. The molecule has 0 saturated heterocycles. The van der Waals surface area contributed by atoms with E-state index >= 15 is 0 Å². The smallest absolute Gasteiger partial charge is 0.0575 e. The van der Waals surface area contributed by atoms with Crippen LogP contribution in [0.4, 0.5) is 0 Å². The Morgan fingerprint density at radius 2 is 1.07 bits per heavy atom. The predicted molar refractivity (Wildman–Crippen MR) is 125 cm³/mol. The van der Waals surface area contributed by atoms with Gasteiger partial charge in [0.15, 0.2) is 0 Å². The van der Waals surface area contributed by atoms with Gasteiger partial charge in [-0.2, -0.15) is 0 Å². The third-order valence-electron chi connectivity index (χ3n) is 8.98. The van der Waals surface area contributed by atoms with Gasteiger partial charge in [-0.3, -0.25) is 0 Å². The lowest BCUT2D eigenvalue weighted by molar-refractivity contribution is -0.0527. The first kappa shape index (κ1) is 24.5. The quantitative estimate of drug-likeness (QED) is 0.399. The van der Waals surface area contributed by atoms with Crippen molar-refractivity contribution < 1.29 is 14.2 Å². The van der Waals surface area contributed by atoms with E-state index < -0.39 is 0 Å². The van der Waals surface area contributed by atoms with Crippen LogP contribution in [-0.2, 0) is 14.2 Å². The highest BCUT2D eigenvalue weighted by atomic mass is 16.5. The SMILES string of the molecule is COC1CCC(C(C)(C)C2CCC(OCC(C)COC3CCC(C)CC3)CC2)CC1. The van der Waals surface area contributed by atoms with Crippen molar-refractivity contribution in [2.45, 2.75) is 123 Å². The van der Waals surface area contributed by atoms with E-state index in [4.69, 9.17) is 14.2 Å². The Balaban J connectivity index is 1.31. The molecular weight excluding hydrogens is 372 g/mol. The molecule has 3 rings (SSSR count). The zero-order valence-electron chi connectivity index (χ0n) is 20.7. The van der Waals surface area contributed by atoms with Crippen LogP contribution in [0.1, 0.15) is 105 Å². The van der Waals surface area contributed by atoms with E-state index in [0.29, 0.717) is 29.6 Å². The number of hydrogen-bond donors (Lipinski definition) is 0. The van der Waals surface area contributed by atoms with E-state index in [9.17, 15) is 0 Å². The van der Waals surface area contributed by atoms with Crippen molar-refractivity contribution in [1.29, 1.82) is 0 Å². The first-order valence-corrected chi connectivity index (χ1v) is 13.1. The number of rotatable bonds is 9. The molecule has 3 aliphatic rings. The molecule has 0 aromatic carbocycles. The van der Waals surface area contributed by atoms with E-state index in [2.05, 4.69) is 27.7 Å². The molecule has 0 aromatic rings. The molecule has 30 heavy (non-hydrogen) atoms. The normalized spacial score (nSPS) is 37.1. The Morgan fingerprint density at radius 1 is 0.667 bits per heavy atom. The summed E-state index contributed by atoms with van der Waals surface area (Å²) in [4.78, 5) is 0. The fraction of sp³-hybridized carbons (Fsp3) is 1.00. The second-order valence-electron chi connectivity index (χ2n) is 11.7. The van der Waals surface area contributed by atoms with Gasteiger partial charge in [-0.1, -0.05) is 27.7 Å². The molecule has 0 aliphatic heterocycles. The van der Waals surface area contributed by atoms with Crippen LogP contribution < -0.4 is 0 Å². The molecule has 3 aliphatic carbocycles. The molecule has 0 amide bonds. The lowest BCUT2D eigenvalue weighted by atomic mass is 9.60. The summed E-state index contributed by atoms with van der Waals surface area (Å²) in [7, 11) is 1.88. The van der Waals surface area contributed by atoms with E-state index in [0.717, 1.165) is 31.0 Å². The Bertz CT molecular complexity index is 466. The van der Waals surface area contributed by atoms with Crippen molar-refractivity contribution in [1.82, 2.24) is 0 Å². The maximum Gasteiger partial charge on any atom is 0.0575 e. The molecule has 0 spiro atoms. The number of hydrogen-bond acceptors (Lipinski definition) is 3. The molecule has 0 N–H and O–H groups in total. The maximum atomic E-state index is 6.34. The molecule has 176 valence electrons. The monoisotopic (exact) mass is 422 g/mol. The van der Waals surface area contributed by atoms with Gasteiger partial charge in [0.25, 0.3) is 0 Å². The van der Waals surface area contributed by atoms with E-state index in [1.54, 1.807) is 0 Å². The van der Waals surface area contributed by atoms with Crippen molar-refractivity contribution in [2.24, 2.45) is 29.1 Å². The summed E-state index contributed by atoms with van der Waals surface area (Å²) >= 11 is 0. The Hall–Kier alpha value is -0.120. The summed E-state index contributed by atoms with van der Waals surface area (Å²) in [5.41, 5.74) is 0.461. The fourth-order valence-electron chi connectivity index (χ4n) is 6.39. The zero-order valence-corrected chi connectivity index (χ0v) is 20.7. The predicted octanol–water partition coefficient (Wildman–Crippen LogP) is 7.02. The van der Waals surface area contributed by atoms with Crippen LogP contribution in [-0.4, -0.2) is 38.6 Å². The van der Waals surface area contributed by atoms with Crippen molar-refractivity contribution in [3.8, 4) is 0 Å². The largest absolute Gasteiger partial charge is 0.381 e. The highest BCUT2D eigenvalue weighted by Crippen LogP contribution is 2.48. The average molecular weight is 423 g/mol. The van der Waals surface area contributed by atoms with Gasteiger partial charge in [0.2, 0.25) is 0 Å².